The Balaban J connectivity index is 1.38. The summed E-state index contributed by atoms with van der Waals surface area (Å²) in [6, 6.07) is 14.3. The number of aliphatic carboxylic acids is 1. The molecule has 2 amide bonds. The highest BCUT2D eigenvalue weighted by Gasteiger charge is 2.59. The quantitative estimate of drug-likeness (QED) is 0.521. The van der Waals surface area contributed by atoms with Crippen LogP contribution in [0.5, 0.6) is 0 Å². The zero-order chi connectivity index (χ0) is 25.7. The molecule has 4 aliphatic rings. The molecule has 2 N–H and O–H groups in total. The Kier molecular flexibility index (Phi) is 6.26. The molecule has 1 aliphatic heterocycles. The van der Waals surface area contributed by atoms with Gasteiger partial charge in [0.05, 0.1) is 12.3 Å². The van der Waals surface area contributed by atoms with E-state index in [-0.39, 0.29) is 54.0 Å². The van der Waals surface area contributed by atoms with Crippen molar-refractivity contribution in [1.82, 2.24) is 5.32 Å². The number of carbonyl (C=O) groups excluding carboxylic acids is 2. The van der Waals surface area contributed by atoms with Gasteiger partial charge in [-0.2, -0.15) is 0 Å². The normalized spacial score (nSPS) is 27.0. The van der Waals surface area contributed by atoms with Gasteiger partial charge < -0.3 is 15.3 Å². The highest BCUT2D eigenvalue weighted by molar-refractivity contribution is 6.31. The van der Waals surface area contributed by atoms with Gasteiger partial charge in [-0.1, -0.05) is 48.4 Å². The number of nitrogens with one attached hydrogen (secondary N) is 1. The van der Waals surface area contributed by atoms with Crippen molar-refractivity contribution >= 4 is 35.1 Å². The van der Waals surface area contributed by atoms with Gasteiger partial charge in [0.15, 0.2) is 0 Å². The highest BCUT2D eigenvalue weighted by atomic mass is 35.5. The molecule has 2 aromatic rings. The van der Waals surface area contributed by atoms with E-state index in [1.165, 1.54) is 5.56 Å². The van der Waals surface area contributed by atoms with Gasteiger partial charge in [0.2, 0.25) is 11.8 Å². The first kappa shape index (κ1) is 24.5. The summed E-state index contributed by atoms with van der Waals surface area (Å²) in [6.45, 7) is 0. The van der Waals surface area contributed by atoms with Crippen LogP contribution in [0.15, 0.2) is 42.5 Å². The van der Waals surface area contributed by atoms with Crippen molar-refractivity contribution in [2.24, 2.45) is 5.92 Å². The zero-order valence-electron chi connectivity index (χ0n) is 20.9. The van der Waals surface area contributed by atoms with Gasteiger partial charge in [0.25, 0.3) is 0 Å². The van der Waals surface area contributed by atoms with Crippen molar-refractivity contribution in [2.75, 3.05) is 4.90 Å². The van der Waals surface area contributed by atoms with Gasteiger partial charge in [0.1, 0.15) is 0 Å². The minimum Gasteiger partial charge on any atom is -0.481 e. The van der Waals surface area contributed by atoms with Gasteiger partial charge in [-0.3, -0.25) is 14.4 Å². The second-order valence-electron chi connectivity index (χ2n) is 11.3. The van der Waals surface area contributed by atoms with Crippen LogP contribution in [-0.2, 0) is 20.8 Å². The molecule has 194 valence electrons. The van der Waals surface area contributed by atoms with Gasteiger partial charge in [-0.25, -0.2) is 0 Å². The number of fused-ring (bicyclic) bond motifs is 3. The number of nitrogens with zero attached hydrogens (tertiary/aromatic N) is 1. The molecule has 2 saturated carbocycles. The minimum absolute atomic E-state index is 0.0168. The first-order valence-electron chi connectivity index (χ1n) is 13.6. The summed E-state index contributed by atoms with van der Waals surface area (Å²) in [6.07, 6.45) is 7.41. The molecule has 0 spiro atoms. The molecule has 4 atom stereocenters. The summed E-state index contributed by atoms with van der Waals surface area (Å²) in [5.74, 6) is -0.821. The number of rotatable bonds is 6. The van der Waals surface area contributed by atoms with E-state index in [0.29, 0.717) is 5.02 Å². The lowest BCUT2D eigenvalue weighted by atomic mass is 9.71. The molecule has 1 heterocycles. The molecule has 0 radical (unpaired) electrons. The highest BCUT2D eigenvalue weighted by Crippen LogP contribution is 2.60. The number of carboxylic acid groups (broad SMARTS) is 1. The monoisotopic (exact) mass is 520 g/mol. The van der Waals surface area contributed by atoms with E-state index < -0.39 is 5.97 Å². The molecular formula is C30H33ClN2O4. The molecular weight excluding hydrogens is 488 g/mol. The topological polar surface area (TPSA) is 86.7 Å². The smallest absolute Gasteiger partial charge is 0.303 e. The van der Waals surface area contributed by atoms with Crippen LogP contribution in [0.25, 0.3) is 0 Å². The maximum Gasteiger partial charge on any atom is 0.303 e. The fourth-order valence-electron chi connectivity index (χ4n) is 7.45. The van der Waals surface area contributed by atoms with Crippen molar-refractivity contribution in [1.29, 1.82) is 0 Å². The summed E-state index contributed by atoms with van der Waals surface area (Å²) < 4.78 is 0. The average Bonchev–Trinajstić information content (AvgIpc) is 3.49. The predicted molar refractivity (Wildman–Crippen MR) is 142 cm³/mol. The fraction of sp³-hybridized carbons (Fsp3) is 0.500. The third-order valence-corrected chi connectivity index (χ3v) is 9.36. The lowest BCUT2D eigenvalue weighted by Gasteiger charge is -2.48. The molecule has 2 aromatic carbocycles. The van der Waals surface area contributed by atoms with E-state index in [1.54, 1.807) is 0 Å². The molecule has 6 rings (SSSR count). The van der Waals surface area contributed by atoms with Crippen molar-refractivity contribution in [2.45, 2.75) is 87.6 Å². The average molecular weight is 521 g/mol. The molecule has 3 aliphatic carbocycles. The van der Waals surface area contributed by atoms with Gasteiger partial charge in [0, 0.05) is 34.6 Å². The van der Waals surface area contributed by atoms with Crippen LogP contribution in [0, 0.1) is 5.92 Å². The van der Waals surface area contributed by atoms with Crippen LogP contribution in [-0.4, -0.2) is 34.5 Å². The van der Waals surface area contributed by atoms with Crippen LogP contribution in [0.1, 0.15) is 86.3 Å². The van der Waals surface area contributed by atoms with E-state index in [4.69, 9.17) is 16.7 Å². The summed E-state index contributed by atoms with van der Waals surface area (Å²) in [7, 11) is 0. The van der Waals surface area contributed by atoms with Crippen LogP contribution in [0.2, 0.25) is 5.02 Å². The van der Waals surface area contributed by atoms with Gasteiger partial charge in [-0.15, -0.1) is 0 Å². The summed E-state index contributed by atoms with van der Waals surface area (Å²) in [5, 5.41) is 12.9. The van der Waals surface area contributed by atoms with E-state index in [1.807, 2.05) is 18.2 Å². The van der Waals surface area contributed by atoms with E-state index in [0.717, 1.165) is 68.2 Å². The fourth-order valence-corrected chi connectivity index (χ4v) is 7.62. The Morgan fingerprint density at radius 2 is 1.81 bits per heavy atom. The predicted octanol–water partition coefficient (Wildman–Crippen LogP) is 5.57. The van der Waals surface area contributed by atoms with Gasteiger partial charge >= 0.3 is 5.97 Å². The SMILES string of the molecule is O=C(O)CCC(=O)NC1(C2c3ccc(Cl)cc3N(C(=O)C3CCCc4ccccc43)C3CCCC32)CC1. The largest absolute Gasteiger partial charge is 0.481 e. The third-order valence-electron chi connectivity index (χ3n) is 9.12. The molecule has 0 bridgehead atoms. The molecule has 4 unspecified atom stereocenters. The minimum atomic E-state index is -0.966. The molecule has 2 fully saturated rings. The van der Waals surface area contributed by atoms with Crippen LogP contribution in [0.4, 0.5) is 5.69 Å². The maximum atomic E-state index is 14.4. The van der Waals surface area contributed by atoms with E-state index >= 15 is 0 Å². The Morgan fingerprint density at radius 3 is 2.59 bits per heavy atom. The van der Waals surface area contributed by atoms with Crippen LogP contribution >= 0.6 is 11.6 Å². The molecule has 7 heteroatoms. The number of hydrogen-bond donors (Lipinski definition) is 2. The summed E-state index contributed by atoms with van der Waals surface area (Å²) in [5.41, 5.74) is 4.03. The number of benzene rings is 2. The summed E-state index contributed by atoms with van der Waals surface area (Å²) >= 11 is 6.53. The van der Waals surface area contributed by atoms with Crippen molar-refractivity contribution in [3.8, 4) is 0 Å². The summed E-state index contributed by atoms with van der Waals surface area (Å²) in [4.78, 5) is 40.2. The maximum absolute atomic E-state index is 14.4. The lowest BCUT2D eigenvalue weighted by molar-refractivity contribution is -0.139. The van der Waals surface area contributed by atoms with Crippen LogP contribution < -0.4 is 10.2 Å². The number of anilines is 1. The third kappa shape index (κ3) is 4.33. The zero-order valence-corrected chi connectivity index (χ0v) is 21.7. The van der Waals surface area contributed by atoms with Gasteiger partial charge in [-0.05, 0) is 79.7 Å². The van der Waals surface area contributed by atoms with E-state index in [2.05, 4.69) is 34.5 Å². The number of carboxylic acids is 1. The molecule has 0 saturated heterocycles. The number of hydrogen-bond acceptors (Lipinski definition) is 3. The van der Waals surface area contributed by atoms with Crippen LogP contribution in [0.3, 0.4) is 0 Å². The van der Waals surface area contributed by atoms with Crippen molar-refractivity contribution < 1.29 is 19.5 Å². The first-order valence-corrected chi connectivity index (χ1v) is 14.0. The van der Waals surface area contributed by atoms with Crippen molar-refractivity contribution in [3.05, 3.63) is 64.2 Å². The number of carbonyl (C=O) groups is 3. The van der Waals surface area contributed by atoms with Crippen molar-refractivity contribution in [3.63, 3.8) is 0 Å². The molecule has 37 heavy (non-hydrogen) atoms. The Morgan fingerprint density at radius 1 is 1.00 bits per heavy atom. The number of halogens is 1. The van der Waals surface area contributed by atoms with E-state index in [9.17, 15) is 14.4 Å². The molecule has 6 nitrogen and oxygen atoms in total. The Bertz CT molecular complexity index is 1260. The standard InChI is InChI=1S/C30H33ClN2O4/c31-19-11-12-23-25(17-19)33(29(37)21-8-3-6-18-5-1-2-7-20(18)21)24-10-4-9-22(24)28(23)30(15-16-30)32-26(34)13-14-27(35)36/h1-2,5,7,11-12,17,21-22,24,28H,3-4,6,8-10,13-16H2,(H,32,34)(H,35,36). The second-order valence-corrected chi connectivity index (χ2v) is 11.7. The second kappa shape index (κ2) is 9.46. The molecule has 0 aromatic heterocycles. The number of aryl methyl sites for hydroxylation is 1. The lowest BCUT2D eigenvalue weighted by Crippen LogP contribution is -2.54. The number of amides is 2. The first-order chi connectivity index (χ1) is 17.9. The Hall–Kier alpha value is -2.86. The Labute approximate surface area is 222 Å².